The average Bonchev–Trinajstić information content (AvgIpc) is 3.03. The Kier molecular flexibility index (Phi) is 4.47. The van der Waals surface area contributed by atoms with E-state index in [1.165, 1.54) is 30.6 Å². The predicted octanol–water partition coefficient (Wildman–Crippen LogP) is 0.918. The molecule has 9 heteroatoms. The standard InChI is InChI=1S/C16H13N5O3S/c17-9-12-5-7-13(8-6-12)25(23,24)20-19-16(22)10-21-11-18-14-3-1-2-4-15(14)21/h1-8,11,20H,10H2,(H,19,22). The molecule has 0 aliphatic heterocycles. The molecule has 3 rings (SSSR count). The molecule has 0 saturated carbocycles. The fourth-order valence-electron chi connectivity index (χ4n) is 2.22. The van der Waals surface area contributed by atoms with E-state index in [0.29, 0.717) is 5.56 Å². The first-order chi connectivity index (χ1) is 12.0. The van der Waals surface area contributed by atoms with Crippen LogP contribution in [0.15, 0.2) is 59.8 Å². The molecule has 0 bridgehead atoms. The number of amides is 1. The summed E-state index contributed by atoms with van der Waals surface area (Å²) in [6.45, 7) is -0.0869. The Hall–Kier alpha value is -3.22. The topological polar surface area (TPSA) is 117 Å². The van der Waals surface area contributed by atoms with Crippen LogP contribution in [0.25, 0.3) is 11.0 Å². The zero-order valence-electron chi connectivity index (χ0n) is 12.9. The number of rotatable bonds is 5. The van der Waals surface area contributed by atoms with Crippen LogP contribution in [-0.2, 0) is 21.4 Å². The lowest BCUT2D eigenvalue weighted by Gasteiger charge is -2.09. The van der Waals surface area contributed by atoms with Crippen LogP contribution in [0.5, 0.6) is 0 Å². The van der Waals surface area contributed by atoms with Crippen molar-refractivity contribution >= 4 is 27.0 Å². The number of nitriles is 1. The van der Waals surface area contributed by atoms with Crippen molar-refractivity contribution in [3.63, 3.8) is 0 Å². The molecule has 3 aromatic rings. The summed E-state index contributed by atoms with van der Waals surface area (Å²) in [5, 5.41) is 8.73. The third-order valence-electron chi connectivity index (χ3n) is 3.46. The molecular formula is C16H13N5O3S. The normalized spacial score (nSPS) is 11.2. The summed E-state index contributed by atoms with van der Waals surface area (Å²) < 4.78 is 25.9. The van der Waals surface area contributed by atoms with Crippen molar-refractivity contribution in [2.24, 2.45) is 0 Å². The number of benzene rings is 2. The van der Waals surface area contributed by atoms with Crippen molar-refractivity contribution in [1.82, 2.24) is 19.8 Å². The Morgan fingerprint density at radius 2 is 1.88 bits per heavy atom. The number of carbonyl (C=O) groups is 1. The van der Waals surface area contributed by atoms with Crippen molar-refractivity contribution in [3.05, 3.63) is 60.4 Å². The van der Waals surface area contributed by atoms with Gasteiger partial charge in [-0.2, -0.15) is 5.26 Å². The number of para-hydroxylation sites is 2. The fraction of sp³-hybridized carbons (Fsp3) is 0.0625. The highest BCUT2D eigenvalue weighted by molar-refractivity contribution is 7.89. The third kappa shape index (κ3) is 3.65. The number of hydrazine groups is 1. The Balaban J connectivity index is 1.66. The maximum absolute atomic E-state index is 12.1. The summed E-state index contributed by atoms with van der Waals surface area (Å²) in [6.07, 6.45) is 1.51. The molecule has 2 aromatic carbocycles. The molecule has 0 atom stereocenters. The molecule has 2 N–H and O–H groups in total. The highest BCUT2D eigenvalue weighted by Crippen LogP contribution is 2.11. The molecule has 8 nitrogen and oxygen atoms in total. The van der Waals surface area contributed by atoms with Gasteiger partial charge in [-0.3, -0.25) is 10.2 Å². The molecule has 1 heterocycles. The van der Waals surface area contributed by atoms with E-state index in [1.54, 1.807) is 4.57 Å². The SMILES string of the molecule is N#Cc1ccc(S(=O)(=O)NNC(=O)Cn2cnc3ccccc32)cc1. The van der Waals surface area contributed by atoms with Gasteiger partial charge in [-0.15, -0.1) is 4.83 Å². The van der Waals surface area contributed by atoms with Gasteiger partial charge in [0.15, 0.2) is 0 Å². The molecule has 0 spiro atoms. The maximum Gasteiger partial charge on any atom is 0.257 e. The molecule has 1 amide bonds. The van der Waals surface area contributed by atoms with Crippen LogP contribution in [-0.4, -0.2) is 23.9 Å². The van der Waals surface area contributed by atoms with Crippen molar-refractivity contribution in [2.45, 2.75) is 11.4 Å². The van der Waals surface area contributed by atoms with Crippen LogP contribution in [0.4, 0.5) is 0 Å². The second-order valence-corrected chi connectivity index (χ2v) is 6.83. The number of sulfonamides is 1. The second-order valence-electron chi connectivity index (χ2n) is 5.15. The fourth-order valence-corrected chi connectivity index (χ4v) is 3.08. The number of carbonyl (C=O) groups excluding carboxylic acids is 1. The van der Waals surface area contributed by atoms with Crippen LogP contribution in [0.3, 0.4) is 0 Å². The van der Waals surface area contributed by atoms with Crippen LogP contribution in [0, 0.1) is 11.3 Å². The van der Waals surface area contributed by atoms with E-state index in [9.17, 15) is 13.2 Å². The molecule has 0 saturated heterocycles. The highest BCUT2D eigenvalue weighted by atomic mass is 32.2. The van der Waals surface area contributed by atoms with Gasteiger partial charge in [0.05, 0.1) is 33.9 Å². The van der Waals surface area contributed by atoms with Gasteiger partial charge in [0.25, 0.3) is 15.9 Å². The van der Waals surface area contributed by atoms with E-state index in [-0.39, 0.29) is 11.4 Å². The molecule has 1 aromatic heterocycles. The first kappa shape index (κ1) is 16.6. The number of nitrogens with zero attached hydrogens (tertiary/aromatic N) is 3. The minimum atomic E-state index is -3.92. The van der Waals surface area contributed by atoms with Gasteiger partial charge < -0.3 is 4.57 Å². The average molecular weight is 355 g/mol. The molecule has 0 unspecified atom stereocenters. The summed E-state index contributed by atoms with van der Waals surface area (Å²) in [5.41, 5.74) is 4.02. The van der Waals surface area contributed by atoms with Gasteiger partial charge in [-0.25, -0.2) is 13.4 Å². The Bertz CT molecular complexity index is 1070. The lowest BCUT2D eigenvalue weighted by Crippen LogP contribution is -2.43. The van der Waals surface area contributed by atoms with E-state index in [0.717, 1.165) is 11.0 Å². The van der Waals surface area contributed by atoms with Crippen molar-refractivity contribution in [3.8, 4) is 6.07 Å². The smallest absolute Gasteiger partial charge is 0.257 e. The van der Waals surface area contributed by atoms with Crippen molar-refractivity contribution in [1.29, 1.82) is 5.26 Å². The quantitative estimate of drug-likeness (QED) is 0.660. The Morgan fingerprint density at radius 1 is 1.16 bits per heavy atom. The lowest BCUT2D eigenvalue weighted by atomic mass is 10.2. The lowest BCUT2D eigenvalue weighted by molar-refractivity contribution is -0.122. The van der Waals surface area contributed by atoms with Crippen molar-refractivity contribution in [2.75, 3.05) is 0 Å². The summed E-state index contributed by atoms with van der Waals surface area (Å²) in [6, 6.07) is 14.5. The van der Waals surface area contributed by atoms with E-state index in [2.05, 4.69) is 10.4 Å². The zero-order chi connectivity index (χ0) is 17.9. The minimum absolute atomic E-state index is 0.0557. The van der Waals surface area contributed by atoms with E-state index < -0.39 is 15.9 Å². The van der Waals surface area contributed by atoms with Gasteiger partial charge in [0.1, 0.15) is 6.54 Å². The van der Waals surface area contributed by atoms with Crippen LogP contribution >= 0.6 is 0 Å². The number of hydrogen-bond donors (Lipinski definition) is 2. The summed E-state index contributed by atoms with van der Waals surface area (Å²) in [4.78, 5) is 18.1. The van der Waals surface area contributed by atoms with Crippen LogP contribution < -0.4 is 10.3 Å². The molecule has 0 fully saturated rings. The summed E-state index contributed by atoms with van der Waals surface area (Å²) in [5.74, 6) is -0.541. The first-order valence-electron chi connectivity index (χ1n) is 7.20. The number of nitrogens with one attached hydrogen (secondary N) is 2. The Labute approximate surface area is 143 Å². The molecule has 0 radical (unpaired) electrons. The monoisotopic (exact) mass is 355 g/mol. The summed E-state index contributed by atoms with van der Waals surface area (Å²) in [7, 11) is -3.92. The second kappa shape index (κ2) is 6.72. The molecule has 0 aliphatic rings. The van der Waals surface area contributed by atoms with E-state index >= 15 is 0 Å². The number of imidazole rings is 1. The van der Waals surface area contributed by atoms with E-state index in [1.807, 2.05) is 35.2 Å². The zero-order valence-corrected chi connectivity index (χ0v) is 13.7. The van der Waals surface area contributed by atoms with Crippen LogP contribution in [0.1, 0.15) is 5.56 Å². The van der Waals surface area contributed by atoms with E-state index in [4.69, 9.17) is 5.26 Å². The number of aromatic nitrogens is 2. The Morgan fingerprint density at radius 3 is 2.60 bits per heavy atom. The molecule has 0 aliphatic carbocycles. The molecule has 126 valence electrons. The summed E-state index contributed by atoms with van der Waals surface area (Å²) >= 11 is 0. The van der Waals surface area contributed by atoms with Gasteiger partial charge in [0, 0.05) is 0 Å². The minimum Gasteiger partial charge on any atom is -0.321 e. The van der Waals surface area contributed by atoms with Crippen molar-refractivity contribution < 1.29 is 13.2 Å². The maximum atomic E-state index is 12.1. The van der Waals surface area contributed by atoms with Crippen LogP contribution in [0.2, 0.25) is 0 Å². The predicted molar refractivity (Wildman–Crippen MR) is 89.4 cm³/mol. The van der Waals surface area contributed by atoms with Gasteiger partial charge in [-0.05, 0) is 36.4 Å². The first-order valence-corrected chi connectivity index (χ1v) is 8.68. The number of fused-ring (bicyclic) bond motifs is 1. The largest absolute Gasteiger partial charge is 0.321 e. The molecule has 25 heavy (non-hydrogen) atoms. The van der Waals surface area contributed by atoms with Gasteiger partial charge >= 0.3 is 0 Å². The molecular weight excluding hydrogens is 342 g/mol. The van der Waals surface area contributed by atoms with Gasteiger partial charge in [0.2, 0.25) is 0 Å². The third-order valence-corrected chi connectivity index (χ3v) is 4.72. The highest BCUT2D eigenvalue weighted by Gasteiger charge is 2.15. The number of hydrogen-bond acceptors (Lipinski definition) is 5. The van der Waals surface area contributed by atoms with Gasteiger partial charge in [-0.1, -0.05) is 12.1 Å².